The van der Waals surface area contributed by atoms with Gasteiger partial charge in [0, 0.05) is 44.3 Å². The number of likely N-dealkylation sites (N-methyl/N-ethyl adjacent to an activating group) is 1. The van der Waals surface area contributed by atoms with Crippen molar-refractivity contribution in [2.75, 3.05) is 39.8 Å². The number of hydrogen-bond donors (Lipinski definition) is 2. The Balaban J connectivity index is 1.63. The highest BCUT2D eigenvalue weighted by Crippen LogP contribution is 2.33. The Hall–Kier alpha value is -2.90. The lowest BCUT2D eigenvalue weighted by molar-refractivity contribution is -0.136. The molecule has 4 rings (SSSR count). The van der Waals surface area contributed by atoms with Crippen LogP contribution in [0.5, 0.6) is 5.75 Å². The zero-order valence-corrected chi connectivity index (χ0v) is 19.7. The van der Waals surface area contributed by atoms with Gasteiger partial charge in [-0.15, -0.1) is 0 Å². The molecule has 0 saturated carbocycles. The summed E-state index contributed by atoms with van der Waals surface area (Å²) in [6, 6.07) is 16.2. The van der Waals surface area contributed by atoms with Gasteiger partial charge in [0.15, 0.2) is 0 Å². The Morgan fingerprint density at radius 2 is 1.82 bits per heavy atom. The molecule has 3 unspecified atom stereocenters. The number of hydrazine groups is 1. The van der Waals surface area contributed by atoms with Crippen LogP contribution < -0.4 is 15.6 Å². The molecule has 0 bridgehead atoms. The lowest BCUT2D eigenvalue weighted by Crippen LogP contribution is -2.44. The zero-order valence-electron chi connectivity index (χ0n) is 19.7. The summed E-state index contributed by atoms with van der Waals surface area (Å²) >= 11 is 0. The van der Waals surface area contributed by atoms with Crippen LogP contribution in [0.3, 0.4) is 0 Å². The maximum atomic E-state index is 13.4. The highest BCUT2D eigenvalue weighted by molar-refractivity contribution is 5.84. The number of carbonyl (C=O) groups is 2. The maximum Gasteiger partial charge on any atom is 0.228 e. The molecule has 0 spiro atoms. The SMILES string of the molecule is CCN1CCN(C(=O)C2CNNC2C)CC(Cc2ccccc2-c2ccccc2OC)C1=O. The Bertz CT molecular complexity index is 995. The highest BCUT2D eigenvalue weighted by atomic mass is 16.5. The van der Waals surface area contributed by atoms with Gasteiger partial charge < -0.3 is 14.5 Å². The number of nitrogens with one attached hydrogen (secondary N) is 2. The van der Waals surface area contributed by atoms with Gasteiger partial charge in [0.1, 0.15) is 5.75 Å². The van der Waals surface area contributed by atoms with Gasteiger partial charge in [-0.2, -0.15) is 0 Å². The van der Waals surface area contributed by atoms with E-state index >= 15 is 0 Å². The molecule has 0 aromatic heterocycles. The van der Waals surface area contributed by atoms with Crippen LogP contribution in [0.2, 0.25) is 0 Å². The zero-order chi connectivity index (χ0) is 23.4. The number of methoxy groups -OCH3 is 1. The number of rotatable bonds is 6. The fourth-order valence-corrected chi connectivity index (χ4v) is 4.95. The lowest BCUT2D eigenvalue weighted by atomic mass is 9.90. The third-order valence-corrected chi connectivity index (χ3v) is 6.89. The predicted molar refractivity (Wildman–Crippen MR) is 129 cm³/mol. The van der Waals surface area contributed by atoms with Crippen molar-refractivity contribution in [2.45, 2.75) is 26.3 Å². The number of carbonyl (C=O) groups excluding carboxylic acids is 2. The molecule has 2 fully saturated rings. The van der Waals surface area contributed by atoms with E-state index in [1.807, 2.05) is 60.0 Å². The van der Waals surface area contributed by atoms with Crippen molar-refractivity contribution < 1.29 is 14.3 Å². The first kappa shape index (κ1) is 23.3. The first-order chi connectivity index (χ1) is 16.0. The molecule has 2 heterocycles. The molecular weight excluding hydrogens is 416 g/mol. The van der Waals surface area contributed by atoms with Gasteiger partial charge in [0.25, 0.3) is 0 Å². The van der Waals surface area contributed by atoms with Crippen molar-refractivity contribution in [3.8, 4) is 16.9 Å². The second-order valence-corrected chi connectivity index (χ2v) is 8.88. The molecule has 33 heavy (non-hydrogen) atoms. The van der Waals surface area contributed by atoms with E-state index in [1.54, 1.807) is 7.11 Å². The smallest absolute Gasteiger partial charge is 0.228 e. The third kappa shape index (κ3) is 4.89. The monoisotopic (exact) mass is 450 g/mol. The molecule has 0 radical (unpaired) electrons. The van der Waals surface area contributed by atoms with Gasteiger partial charge in [-0.05, 0) is 37.5 Å². The van der Waals surface area contributed by atoms with Gasteiger partial charge in [-0.25, -0.2) is 0 Å². The highest BCUT2D eigenvalue weighted by Gasteiger charge is 2.37. The van der Waals surface area contributed by atoms with E-state index < -0.39 is 0 Å². The van der Waals surface area contributed by atoms with E-state index in [2.05, 4.69) is 23.0 Å². The Labute approximate surface area is 196 Å². The van der Waals surface area contributed by atoms with E-state index in [0.717, 1.165) is 22.4 Å². The summed E-state index contributed by atoms with van der Waals surface area (Å²) in [5, 5.41) is 0. The van der Waals surface area contributed by atoms with Crippen molar-refractivity contribution in [2.24, 2.45) is 11.8 Å². The van der Waals surface area contributed by atoms with Gasteiger partial charge in [0.05, 0.1) is 18.9 Å². The van der Waals surface area contributed by atoms with Gasteiger partial charge in [0.2, 0.25) is 11.8 Å². The summed E-state index contributed by atoms with van der Waals surface area (Å²) in [6.45, 7) is 6.88. The molecule has 2 N–H and O–H groups in total. The number of nitrogens with zero attached hydrogens (tertiary/aromatic N) is 2. The largest absolute Gasteiger partial charge is 0.496 e. The van der Waals surface area contributed by atoms with E-state index in [4.69, 9.17) is 4.74 Å². The quantitative estimate of drug-likeness (QED) is 0.707. The van der Waals surface area contributed by atoms with Crippen molar-refractivity contribution in [1.29, 1.82) is 0 Å². The molecule has 7 heteroatoms. The molecule has 2 aliphatic rings. The number of benzene rings is 2. The number of ether oxygens (including phenoxy) is 1. The molecule has 3 atom stereocenters. The summed E-state index contributed by atoms with van der Waals surface area (Å²) in [6.07, 6.45) is 0.573. The molecule has 0 aliphatic carbocycles. The van der Waals surface area contributed by atoms with Crippen molar-refractivity contribution in [1.82, 2.24) is 20.7 Å². The lowest BCUT2D eigenvalue weighted by Gasteiger charge is -2.27. The Morgan fingerprint density at radius 1 is 1.09 bits per heavy atom. The number of hydrogen-bond acceptors (Lipinski definition) is 5. The van der Waals surface area contributed by atoms with Crippen LogP contribution in [0.1, 0.15) is 19.4 Å². The average Bonchev–Trinajstić information content (AvgIpc) is 3.21. The molecule has 7 nitrogen and oxygen atoms in total. The number of amides is 2. The third-order valence-electron chi connectivity index (χ3n) is 6.89. The first-order valence-corrected chi connectivity index (χ1v) is 11.8. The minimum Gasteiger partial charge on any atom is -0.496 e. The van der Waals surface area contributed by atoms with Crippen molar-refractivity contribution in [3.63, 3.8) is 0 Å². The van der Waals surface area contributed by atoms with E-state index in [1.165, 1.54) is 0 Å². The normalized spacial score (nSPS) is 23.5. The standard InChI is InChI=1S/C26H34N4O3/c1-4-29-13-14-30(26(32)23-16-27-28-18(23)2)17-20(25(29)31)15-19-9-5-6-10-21(19)22-11-7-8-12-24(22)33-3/h5-12,18,20,23,27-28H,4,13-17H2,1-3H3. The minimum atomic E-state index is -0.287. The van der Waals surface area contributed by atoms with E-state index in [-0.39, 0.29) is 29.7 Å². The topological polar surface area (TPSA) is 73.9 Å². The number of para-hydroxylation sites is 1. The summed E-state index contributed by atoms with van der Waals surface area (Å²) < 4.78 is 5.60. The molecule has 176 valence electrons. The predicted octanol–water partition coefficient (Wildman–Crippen LogP) is 2.32. The maximum absolute atomic E-state index is 13.4. The van der Waals surface area contributed by atoms with Crippen LogP contribution in [-0.2, 0) is 16.0 Å². The van der Waals surface area contributed by atoms with Crippen LogP contribution >= 0.6 is 0 Å². The summed E-state index contributed by atoms with van der Waals surface area (Å²) in [5.41, 5.74) is 9.38. The van der Waals surface area contributed by atoms with Crippen LogP contribution in [0.4, 0.5) is 0 Å². The van der Waals surface area contributed by atoms with Gasteiger partial charge in [-0.3, -0.25) is 20.4 Å². The first-order valence-electron chi connectivity index (χ1n) is 11.8. The summed E-state index contributed by atoms with van der Waals surface area (Å²) in [7, 11) is 1.67. The second-order valence-electron chi connectivity index (χ2n) is 8.88. The fourth-order valence-electron chi connectivity index (χ4n) is 4.95. The van der Waals surface area contributed by atoms with E-state index in [0.29, 0.717) is 39.1 Å². The molecule has 2 saturated heterocycles. The Kier molecular flexibility index (Phi) is 7.30. The van der Waals surface area contributed by atoms with Crippen LogP contribution in [-0.4, -0.2) is 67.5 Å². The fraction of sp³-hybridized carbons (Fsp3) is 0.462. The van der Waals surface area contributed by atoms with Gasteiger partial charge >= 0.3 is 0 Å². The van der Waals surface area contributed by atoms with Crippen LogP contribution in [0.15, 0.2) is 48.5 Å². The molecule has 2 aromatic rings. The minimum absolute atomic E-state index is 0.0726. The van der Waals surface area contributed by atoms with Gasteiger partial charge in [-0.1, -0.05) is 42.5 Å². The molecular formula is C26H34N4O3. The van der Waals surface area contributed by atoms with Crippen LogP contribution in [0.25, 0.3) is 11.1 Å². The van der Waals surface area contributed by atoms with E-state index in [9.17, 15) is 9.59 Å². The molecule has 2 amide bonds. The molecule has 2 aromatic carbocycles. The Morgan fingerprint density at radius 3 is 2.52 bits per heavy atom. The van der Waals surface area contributed by atoms with Crippen molar-refractivity contribution in [3.05, 3.63) is 54.1 Å². The summed E-state index contributed by atoms with van der Waals surface area (Å²) in [4.78, 5) is 30.6. The molecule has 2 aliphatic heterocycles. The van der Waals surface area contributed by atoms with Crippen LogP contribution in [0, 0.1) is 11.8 Å². The summed E-state index contributed by atoms with van der Waals surface area (Å²) in [5.74, 6) is 0.645. The van der Waals surface area contributed by atoms with Crippen molar-refractivity contribution >= 4 is 11.8 Å². The second kappa shape index (κ2) is 10.4. The average molecular weight is 451 g/mol.